The Morgan fingerprint density at radius 2 is 1.77 bits per heavy atom. The van der Waals surface area contributed by atoms with Crippen molar-refractivity contribution in [1.82, 2.24) is 4.90 Å². The summed E-state index contributed by atoms with van der Waals surface area (Å²) < 4.78 is 5.43. The van der Waals surface area contributed by atoms with Gasteiger partial charge in [-0.1, -0.05) is 12.1 Å². The molecule has 0 saturated carbocycles. The van der Waals surface area contributed by atoms with E-state index in [-0.39, 0.29) is 18.6 Å². The second kappa shape index (κ2) is 7.92. The van der Waals surface area contributed by atoms with Gasteiger partial charge in [0.05, 0.1) is 19.8 Å². The smallest absolute Gasteiger partial charge is 0.254 e. The van der Waals surface area contributed by atoms with Crippen LogP contribution in [-0.2, 0) is 0 Å². The molecule has 3 rings (SSSR count). The molecule has 1 amide bonds. The highest BCUT2D eigenvalue weighted by Gasteiger charge is 2.26. The summed E-state index contributed by atoms with van der Waals surface area (Å²) in [6.07, 6.45) is 2.96. The second-order valence-electron chi connectivity index (χ2n) is 7.05. The van der Waals surface area contributed by atoms with Gasteiger partial charge < -0.3 is 14.7 Å². The molecule has 4 nitrogen and oxygen atoms in total. The zero-order valence-electron chi connectivity index (χ0n) is 15.8. The van der Waals surface area contributed by atoms with Gasteiger partial charge in [0.25, 0.3) is 5.91 Å². The van der Waals surface area contributed by atoms with Crippen LogP contribution >= 0.6 is 0 Å². The van der Waals surface area contributed by atoms with Crippen molar-refractivity contribution in [2.45, 2.75) is 39.2 Å². The van der Waals surface area contributed by atoms with Gasteiger partial charge in [0.2, 0.25) is 0 Å². The maximum atomic E-state index is 12.8. The first-order valence-electron chi connectivity index (χ1n) is 9.22. The minimum absolute atomic E-state index is 0.0115. The molecule has 0 aliphatic carbocycles. The van der Waals surface area contributed by atoms with Crippen molar-refractivity contribution >= 4 is 5.91 Å². The first-order chi connectivity index (χ1) is 12.5. The Morgan fingerprint density at radius 3 is 2.35 bits per heavy atom. The van der Waals surface area contributed by atoms with Crippen LogP contribution in [0.15, 0.2) is 36.4 Å². The van der Waals surface area contributed by atoms with Gasteiger partial charge in [-0.2, -0.15) is 0 Å². The van der Waals surface area contributed by atoms with E-state index in [2.05, 4.69) is 12.1 Å². The van der Waals surface area contributed by atoms with Crippen molar-refractivity contribution in [2.75, 3.05) is 20.3 Å². The summed E-state index contributed by atoms with van der Waals surface area (Å²) in [5.41, 5.74) is 5.07. The lowest BCUT2D eigenvalue weighted by Gasteiger charge is -2.34. The number of nitrogens with zero attached hydrogens (tertiary/aromatic N) is 1. The largest absolute Gasteiger partial charge is 0.496 e. The predicted molar refractivity (Wildman–Crippen MR) is 104 cm³/mol. The Kier molecular flexibility index (Phi) is 5.62. The molecule has 1 heterocycles. The molecule has 2 aromatic rings. The van der Waals surface area contributed by atoms with Crippen molar-refractivity contribution in [3.63, 3.8) is 0 Å². The summed E-state index contributed by atoms with van der Waals surface area (Å²) in [4.78, 5) is 14.6. The lowest BCUT2D eigenvalue weighted by Crippen LogP contribution is -2.45. The molecule has 0 spiro atoms. The van der Waals surface area contributed by atoms with E-state index in [0.29, 0.717) is 5.56 Å². The molecule has 1 N–H and O–H groups in total. The van der Waals surface area contributed by atoms with Crippen molar-refractivity contribution in [1.29, 1.82) is 0 Å². The highest BCUT2D eigenvalue weighted by atomic mass is 16.5. The molecule has 1 saturated heterocycles. The number of aliphatic hydroxyl groups excluding tert-OH is 1. The summed E-state index contributed by atoms with van der Waals surface area (Å²) >= 11 is 0. The molecule has 4 heteroatoms. The van der Waals surface area contributed by atoms with E-state index in [9.17, 15) is 9.90 Å². The van der Waals surface area contributed by atoms with Crippen LogP contribution in [0.5, 0.6) is 5.75 Å². The number of hydrogen-bond acceptors (Lipinski definition) is 3. The van der Waals surface area contributed by atoms with Gasteiger partial charge in [-0.15, -0.1) is 0 Å². The van der Waals surface area contributed by atoms with E-state index in [0.717, 1.165) is 53.8 Å². The molecule has 0 aromatic heterocycles. The number of aliphatic hydroxyl groups is 1. The normalized spacial score (nSPS) is 17.2. The van der Waals surface area contributed by atoms with E-state index in [4.69, 9.17) is 4.74 Å². The van der Waals surface area contributed by atoms with Gasteiger partial charge >= 0.3 is 0 Å². The highest BCUT2D eigenvalue weighted by molar-refractivity contribution is 5.95. The van der Waals surface area contributed by atoms with Gasteiger partial charge in [-0.05, 0) is 79.6 Å². The van der Waals surface area contributed by atoms with Crippen molar-refractivity contribution in [3.8, 4) is 16.9 Å². The summed E-state index contributed by atoms with van der Waals surface area (Å²) in [5, 5.41) is 9.54. The maximum absolute atomic E-state index is 12.8. The minimum atomic E-state index is -0.0530. The molecular formula is C22H27NO3. The van der Waals surface area contributed by atoms with Gasteiger partial charge in [0.1, 0.15) is 5.75 Å². The topological polar surface area (TPSA) is 49.8 Å². The molecular weight excluding hydrogens is 326 g/mol. The highest BCUT2D eigenvalue weighted by Crippen LogP contribution is 2.30. The average molecular weight is 353 g/mol. The van der Waals surface area contributed by atoms with E-state index in [1.807, 2.05) is 43.0 Å². The lowest BCUT2D eigenvalue weighted by atomic mass is 9.97. The zero-order valence-corrected chi connectivity index (χ0v) is 15.8. The average Bonchev–Trinajstić information content (AvgIpc) is 2.67. The molecule has 1 aliphatic rings. The van der Waals surface area contributed by atoms with Crippen LogP contribution in [0, 0.1) is 13.8 Å². The standard InChI is InChI=1S/C22H27NO3/c1-15-12-19(13-16(2)21(15)26-3)17-7-9-18(10-8-17)22(25)23-11-5-4-6-20(23)14-24/h7-10,12-13,20,24H,4-6,11,14H2,1-3H3. The maximum Gasteiger partial charge on any atom is 0.254 e. The number of rotatable bonds is 4. The van der Waals surface area contributed by atoms with Crippen LogP contribution in [0.2, 0.25) is 0 Å². The van der Waals surface area contributed by atoms with Crippen LogP contribution < -0.4 is 4.74 Å². The third-order valence-corrected chi connectivity index (χ3v) is 5.23. The Morgan fingerprint density at radius 1 is 1.12 bits per heavy atom. The number of carbonyl (C=O) groups is 1. The molecule has 2 aromatic carbocycles. The fraction of sp³-hybridized carbons (Fsp3) is 0.409. The molecule has 1 atom stereocenters. The number of carbonyl (C=O) groups excluding carboxylic acids is 1. The summed E-state index contributed by atoms with van der Waals surface area (Å²) in [6, 6.07) is 11.9. The Bertz CT molecular complexity index is 759. The SMILES string of the molecule is COc1c(C)cc(-c2ccc(C(=O)N3CCCCC3CO)cc2)cc1C. The monoisotopic (exact) mass is 353 g/mol. The number of likely N-dealkylation sites (tertiary alicyclic amines) is 1. The zero-order chi connectivity index (χ0) is 18.7. The van der Waals surface area contributed by atoms with Crippen molar-refractivity contribution < 1.29 is 14.6 Å². The fourth-order valence-electron chi connectivity index (χ4n) is 3.87. The Hall–Kier alpha value is -2.33. The molecule has 1 aliphatic heterocycles. The van der Waals surface area contributed by atoms with Gasteiger partial charge in [0, 0.05) is 12.1 Å². The third kappa shape index (κ3) is 3.61. The molecule has 1 unspecified atom stereocenters. The molecule has 26 heavy (non-hydrogen) atoms. The number of hydrogen-bond donors (Lipinski definition) is 1. The van der Waals surface area contributed by atoms with Gasteiger partial charge in [-0.3, -0.25) is 4.79 Å². The minimum Gasteiger partial charge on any atom is -0.496 e. The number of amides is 1. The third-order valence-electron chi connectivity index (χ3n) is 5.23. The fourth-order valence-corrected chi connectivity index (χ4v) is 3.87. The number of piperidine rings is 1. The number of methoxy groups -OCH3 is 1. The molecule has 0 radical (unpaired) electrons. The van der Waals surface area contributed by atoms with Gasteiger partial charge in [0.15, 0.2) is 0 Å². The van der Waals surface area contributed by atoms with Crippen LogP contribution in [-0.4, -0.2) is 42.2 Å². The number of aryl methyl sites for hydroxylation is 2. The number of benzene rings is 2. The van der Waals surface area contributed by atoms with Crippen LogP contribution in [0.25, 0.3) is 11.1 Å². The first kappa shape index (κ1) is 18.5. The quantitative estimate of drug-likeness (QED) is 0.905. The number of ether oxygens (including phenoxy) is 1. The van der Waals surface area contributed by atoms with Crippen LogP contribution in [0.4, 0.5) is 0 Å². The van der Waals surface area contributed by atoms with Crippen LogP contribution in [0.1, 0.15) is 40.7 Å². The van der Waals surface area contributed by atoms with E-state index in [1.165, 1.54) is 0 Å². The first-order valence-corrected chi connectivity index (χ1v) is 9.22. The lowest BCUT2D eigenvalue weighted by molar-refractivity contribution is 0.0503. The van der Waals surface area contributed by atoms with E-state index >= 15 is 0 Å². The second-order valence-corrected chi connectivity index (χ2v) is 7.05. The van der Waals surface area contributed by atoms with Gasteiger partial charge in [-0.25, -0.2) is 0 Å². The van der Waals surface area contributed by atoms with E-state index < -0.39 is 0 Å². The molecule has 138 valence electrons. The Balaban J connectivity index is 1.83. The Labute approximate surface area is 155 Å². The summed E-state index contributed by atoms with van der Waals surface area (Å²) in [7, 11) is 1.69. The van der Waals surface area contributed by atoms with Crippen molar-refractivity contribution in [3.05, 3.63) is 53.1 Å². The predicted octanol–water partition coefficient (Wildman–Crippen LogP) is 3.97. The van der Waals surface area contributed by atoms with E-state index in [1.54, 1.807) is 7.11 Å². The summed E-state index contributed by atoms with van der Waals surface area (Å²) in [6.45, 7) is 4.84. The van der Waals surface area contributed by atoms with Crippen molar-refractivity contribution in [2.24, 2.45) is 0 Å². The molecule has 1 fully saturated rings. The summed E-state index contributed by atoms with van der Waals surface area (Å²) in [5.74, 6) is 0.929. The van der Waals surface area contributed by atoms with Crippen LogP contribution in [0.3, 0.4) is 0 Å². The molecule has 0 bridgehead atoms.